The smallest absolute Gasteiger partial charge is 0.328 e. The number of hydrogen-bond acceptors (Lipinski definition) is 4. The van der Waals surface area contributed by atoms with Crippen molar-refractivity contribution in [3.63, 3.8) is 0 Å². The molecule has 6 heteroatoms. The molecule has 154 valence electrons. The summed E-state index contributed by atoms with van der Waals surface area (Å²) in [7, 11) is 0. The fourth-order valence-corrected chi connectivity index (χ4v) is 2.58. The second kappa shape index (κ2) is 9.87. The van der Waals surface area contributed by atoms with Gasteiger partial charge in [0.15, 0.2) is 0 Å². The lowest BCUT2D eigenvalue weighted by atomic mass is 9.95. The van der Waals surface area contributed by atoms with Gasteiger partial charge in [-0.05, 0) is 30.7 Å². The first-order valence-electron chi connectivity index (χ1n) is 9.63. The van der Waals surface area contributed by atoms with Gasteiger partial charge in [-0.25, -0.2) is 4.79 Å². The van der Waals surface area contributed by atoms with Gasteiger partial charge in [-0.15, -0.1) is 0 Å². The van der Waals surface area contributed by atoms with Crippen molar-refractivity contribution in [3.8, 4) is 0 Å². The van der Waals surface area contributed by atoms with E-state index < -0.39 is 23.3 Å². The summed E-state index contributed by atoms with van der Waals surface area (Å²) in [5, 5.41) is 5.55. The molecule has 0 bridgehead atoms. The number of benzene rings is 2. The normalized spacial score (nSPS) is 12.0. The van der Waals surface area contributed by atoms with Crippen molar-refractivity contribution in [1.29, 1.82) is 0 Å². The lowest BCUT2D eigenvalue weighted by molar-refractivity contribution is -0.145. The fourth-order valence-electron chi connectivity index (χ4n) is 2.58. The van der Waals surface area contributed by atoms with Crippen molar-refractivity contribution in [3.05, 3.63) is 65.7 Å². The average Bonchev–Trinajstić information content (AvgIpc) is 2.68. The fraction of sp³-hybridized carbons (Fsp3) is 0.348. The molecule has 6 nitrogen and oxygen atoms in total. The highest BCUT2D eigenvalue weighted by molar-refractivity contribution is 5.99. The quantitative estimate of drug-likeness (QED) is 0.701. The van der Waals surface area contributed by atoms with Crippen LogP contribution in [0.25, 0.3) is 0 Å². The SMILES string of the molecule is CCOC(=O)[C@@H](Cc1ccccc1)NC(=O)c1cccc(NC(=O)C(C)(C)C)c1. The zero-order valence-corrected chi connectivity index (χ0v) is 17.3. The molecule has 0 aliphatic rings. The maximum atomic E-state index is 12.8. The summed E-state index contributed by atoms with van der Waals surface area (Å²) in [6.07, 6.45) is 0.325. The molecule has 29 heavy (non-hydrogen) atoms. The molecule has 0 saturated carbocycles. The molecular weight excluding hydrogens is 368 g/mol. The van der Waals surface area contributed by atoms with Gasteiger partial charge in [0, 0.05) is 23.1 Å². The number of ether oxygens (including phenoxy) is 1. The number of rotatable bonds is 7. The maximum Gasteiger partial charge on any atom is 0.328 e. The van der Waals surface area contributed by atoms with Crippen LogP contribution >= 0.6 is 0 Å². The second-order valence-electron chi connectivity index (χ2n) is 7.75. The van der Waals surface area contributed by atoms with Gasteiger partial charge in [0.2, 0.25) is 5.91 Å². The molecule has 2 aromatic rings. The molecule has 2 N–H and O–H groups in total. The van der Waals surface area contributed by atoms with E-state index in [0.29, 0.717) is 17.7 Å². The van der Waals surface area contributed by atoms with Crippen LogP contribution < -0.4 is 10.6 Å². The lowest BCUT2D eigenvalue weighted by Crippen LogP contribution is -2.43. The van der Waals surface area contributed by atoms with Crippen molar-refractivity contribution in [2.24, 2.45) is 5.41 Å². The molecule has 0 saturated heterocycles. The number of carbonyl (C=O) groups excluding carboxylic acids is 3. The van der Waals surface area contributed by atoms with Crippen LogP contribution in [-0.2, 0) is 20.7 Å². The van der Waals surface area contributed by atoms with Gasteiger partial charge in [-0.1, -0.05) is 57.2 Å². The van der Waals surface area contributed by atoms with Gasteiger partial charge < -0.3 is 15.4 Å². The Bertz CT molecular complexity index is 857. The van der Waals surface area contributed by atoms with E-state index in [1.54, 1.807) is 31.2 Å². The third-order valence-corrected chi connectivity index (χ3v) is 4.22. The highest BCUT2D eigenvalue weighted by atomic mass is 16.5. The molecule has 1 atom stereocenters. The standard InChI is InChI=1S/C23H28N2O4/c1-5-29-21(27)19(14-16-10-7-6-8-11-16)25-20(26)17-12-9-13-18(15-17)24-22(28)23(2,3)4/h6-13,15,19H,5,14H2,1-4H3,(H,24,28)(H,25,26)/t19-/m1/s1. The van der Waals surface area contributed by atoms with E-state index in [1.165, 1.54) is 0 Å². The third-order valence-electron chi connectivity index (χ3n) is 4.22. The Morgan fingerprint density at radius 3 is 2.31 bits per heavy atom. The molecule has 0 spiro atoms. The Hall–Kier alpha value is -3.15. The van der Waals surface area contributed by atoms with Crippen LogP contribution in [0.2, 0.25) is 0 Å². The van der Waals surface area contributed by atoms with Crippen molar-refractivity contribution in [1.82, 2.24) is 5.32 Å². The average molecular weight is 396 g/mol. The van der Waals surface area contributed by atoms with Gasteiger partial charge in [-0.3, -0.25) is 9.59 Å². The Balaban J connectivity index is 2.15. The van der Waals surface area contributed by atoms with Crippen LogP contribution in [0.4, 0.5) is 5.69 Å². The van der Waals surface area contributed by atoms with E-state index in [-0.39, 0.29) is 12.5 Å². The highest BCUT2D eigenvalue weighted by Gasteiger charge is 2.24. The predicted octanol–water partition coefficient (Wildman–Crippen LogP) is 3.58. The maximum absolute atomic E-state index is 12.8. The van der Waals surface area contributed by atoms with Crippen LogP contribution in [0.1, 0.15) is 43.6 Å². The molecule has 2 rings (SSSR count). The van der Waals surface area contributed by atoms with Crippen molar-refractivity contribution >= 4 is 23.5 Å². The van der Waals surface area contributed by atoms with Gasteiger partial charge in [0.05, 0.1) is 6.61 Å². The number of amides is 2. The molecule has 0 aliphatic carbocycles. The zero-order valence-electron chi connectivity index (χ0n) is 17.3. The Kier molecular flexibility index (Phi) is 7.53. The van der Waals surface area contributed by atoms with Crippen molar-refractivity contribution < 1.29 is 19.1 Å². The third kappa shape index (κ3) is 6.75. The van der Waals surface area contributed by atoms with Crippen LogP contribution in [0.15, 0.2) is 54.6 Å². The number of anilines is 1. The Morgan fingerprint density at radius 1 is 1.00 bits per heavy atom. The lowest BCUT2D eigenvalue weighted by Gasteiger charge is -2.19. The summed E-state index contributed by atoms with van der Waals surface area (Å²) >= 11 is 0. The summed E-state index contributed by atoms with van der Waals surface area (Å²) in [6, 6.07) is 15.2. The van der Waals surface area contributed by atoms with E-state index in [4.69, 9.17) is 4.74 Å². The van der Waals surface area contributed by atoms with Crippen LogP contribution in [-0.4, -0.2) is 30.4 Å². The van der Waals surface area contributed by atoms with Gasteiger partial charge in [0.25, 0.3) is 5.91 Å². The highest BCUT2D eigenvalue weighted by Crippen LogP contribution is 2.18. The molecule has 0 heterocycles. The molecular formula is C23H28N2O4. The first-order valence-corrected chi connectivity index (χ1v) is 9.63. The number of hydrogen-bond donors (Lipinski definition) is 2. The summed E-state index contributed by atoms with van der Waals surface area (Å²) in [4.78, 5) is 37.3. The number of nitrogens with one attached hydrogen (secondary N) is 2. The minimum absolute atomic E-state index is 0.150. The van der Waals surface area contributed by atoms with E-state index in [1.807, 2.05) is 51.1 Å². The van der Waals surface area contributed by atoms with Crippen LogP contribution in [0.5, 0.6) is 0 Å². The molecule has 0 aromatic heterocycles. The molecule has 2 aromatic carbocycles. The molecule has 0 radical (unpaired) electrons. The minimum atomic E-state index is -0.808. The second-order valence-corrected chi connectivity index (χ2v) is 7.75. The van der Waals surface area contributed by atoms with E-state index >= 15 is 0 Å². The van der Waals surface area contributed by atoms with Gasteiger partial charge in [0.1, 0.15) is 6.04 Å². The van der Waals surface area contributed by atoms with Crippen LogP contribution in [0.3, 0.4) is 0 Å². The van der Waals surface area contributed by atoms with E-state index in [9.17, 15) is 14.4 Å². The number of carbonyl (C=O) groups is 3. The zero-order chi connectivity index (χ0) is 21.4. The molecule has 0 aliphatic heterocycles. The summed E-state index contributed by atoms with van der Waals surface area (Å²) in [5.41, 5.74) is 1.23. The summed E-state index contributed by atoms with van der Waals surface area (Å²) in [5.74, 6) is -1.05. The van der Waals surface area contributed by atoms with Crippen molar-refractivity contribution in [2.45, 2.75) is 40.2 Å². The first-order chi connectivity index (χ1) is 13.7. The first kappa shape index (κ1) is 22.1. The monoisotopic (exact) mass is 396 g/mol. The van der Waals surface area contributed by atoms with Crippen LogP contribution in [0, 0.1) is 5.41 Å². The van der Waals surface area contributed by atoms with Gasteiger partial charge in [-0.2, -0.15) is 0 Å². The van der Waals surface area contributed by atoms with Gasteiger partial charge >= 0.3 is 5.97 Å². The number of esters is 1. The van der Waals surface area contributed by atoms with E-state index in [0.717, 1.165) is 5.56 Å². The molecule has 0 unspecified atom stereocenters. The predicted molar refractivity (Wildman–Crippen MR) is 113 cm³/mol. The Morgan fingerprint density at radius 2 is 1.69 bits per heavy atom. The molecule has 2 amide bonds. The van der Waals surface area contributed by atoms with E-state index in [2.05, 4.69) is 10.6 Å². The largest absolute Gasteiger partial charge is 0.464 e. The molecule has 0 fully saturated rings. The topological polar surface area (TPSA) is 84.5 Å². The Labute approximate surface area is 171 Å². The minimum Gasteiger partial charge on any atom is -0.464 e. The van der Waals surface area contributed by atoms with Crippen molar-refractivity contribution in [2.75, 3.05) is 11.9 Å². The summed E-state index contributed by atoms with van der Waals surface area (Å²) in [6.45, 7) is 7.39. The summed E-state index contributed by atoms with van der Waals surface area (Å²) < 4.78 is 5.12.